The van der Waals surface area contributed by atoms with Crippen LogP contribution in [0.25, 0.3) is 0 Å². The molecule has 0 aromatic heterocycles. The summed E-state index contributed by atoms with van der Waals surface area (Å²) >= 11 is 3.31. The smallest absolute Gasteiger partial charge is 0.129 e. The van der Waals surface area contributed by atoms with E-state index in [0.717, 1.165) is 4.47 Å². The van der Waals surface area contributed by atoms with Crippen molar-refractivity contribution in [3.8, 4) is 0 Å². The van der Waals surface area contributed by atoms with Gasteiger partial charge in [-0.1, -0.05) is 41.8 Å². The van der Waals surface area contributed by atoms with Crippen LogP contribution in [0.4, 0.5) is 4.39 Å². The Hall–Kier alpha value is -0.450. The van der Waals surface area contributed by atoms with E-state index in [1.54, 1.807) is 0 Å². The fourth-order valence-corrected chi connectivity index (χ4v) is 3.75. The molecule has 0 amide bonds. The first-order valence-electron chi connectivity index (χ1n) is 7.41. The molecule has 1 fully saturated rings. The van der Waals surface area contributed by atoms with Gasteiger partial charge in [-0.2, -0.15) is 0 Å². The zero-order valence-electron chi connectivity index (χ0n) is 12.3. The molecule has 1 aromatic carbocycles. The minimum absolute atomic E-state index is 0.0475. The van der Waals surface area contributed by atoms with Crippen molar-refractivity contribution in [2.75, 3.05) is 13.6 Å². The Morgan fingerprint density at radius 2 is 2.10 bits per heavy atom. The molecule has 0 radical (unpaired) electrons. The van der Waals surface area contributed by atoms with E-state index in [-0.39, 0.29) is 11.9 Å². The average molecular weight is 343 g/mol. The van der Waals surface area contributed by atoms with Crippen LogP contribution in [0.3, 0.4) is 0 Å². The molecule has 0 heterocycles. The van der Waals surface area contributed by atoms with Crippen LogP contribution in [0.1, 0.15) is 44.2 Å². The van der Waals surface area contributed by atoms with Crippen LogP contribution in [0, 0.1) is 11.7 Å². The number of nitrogens with two attached hydrogens (primary N) is 1. The van der Waals surface area contributed by atoms with Crippen LogP contribution < -0.4 is 5.73 Å². The first-order valence-corrected chi connectivity index (χ1v) is 8.20. The average Bonchev–Trinajstić information content (AvgIpc) is 2.42. The van der Waals surface area contributed by atoms with Crippen LogP contribution in [0.2, 0.25) is 0 Å². The van der Waals surface area contributed by atoms with Crippen LogP contribution in [-0.4, -0.2) is 24.5 Å². The summed E-state index contributed by atoms with van der Waals surface area (Å²) in [6, 6.07) is 5.71. The van der Waals surface area contributed by atoms with E-state index in [1.807, 2.05) is 12.1 Å². The molecule has 2 nitrogen and oxygen atoms in total. The molecule has 20 heavy (non-hydrogen) atoms. The van der Waals surface area contributed by atoms with Crippen LogP contribution in [0.15, 0.2) is 22.7 Å². The van der Waals surface area contributed by atoms with Gasteiger partial charge in [0.2, 0.25) is 0 Å². The van der Waals surface area contributed by atoms with E-state index in [1.165, 1.54) is 31.7 Å². The van der Waals surface area contributed by atoms with Crippen molar-refractivity contribution in [1.29, 1.82) is 0 Å². The Balaban J connectivity index is 2.22. The summed E-state index contributed by atoms with van der Waals surface area (Å²) in [6.45, 7) is 2.74. The van der Waals surface area contributed by atoms with E-state index in [2.05, 4.69) is 34.8 Å². The predicted octanol–water partition coefficient (Wildman–Crippen LogP) is 4.10. The first kappa shape index (κ1) is 15.9. The summed E-state index contributed by atoms with van der Waals surface area (Å²) in [6.07, 6.45) is 5.02. The van der Waals surface area contributed by atoms with Crippen molar-refractivity contribution in [1.82, 2.24) is 4.90 Å². The van der Waals surface area contributed by atoms with Crippen molar-refractivity contribution in [3.05, 3.63) is 34.1 Å². The number of likely N-dealkylation sites (N-methyl/N-ethyl adjacent to an activating group) is 1. The lowest BCUT2D eigenvalue weighted by Gasteiger charge is -2.40. The minimum atomic E-state index is -0.176. The normalized spacial score (nSPS) is 24.9. The van der Waals surface area contributed by atoms with Gasteiger partial charge in [-0.05, 0) is 37.9 Å². The molecule has 1 aliphatic carbocycles. The van der Waals surface area contributed by atoms with Crippen LogP contribution >= 0.6 is 15.9 Å². The quantitative estimate of drug-likeness (QED) is 0.892. The van der Waals surface area contributed by atoms with Crippen molar-refractivity contribution in [3.63, 3.8) is 0 Å². The van der Waals surface area contributed by atoms with Crippen LogP contribution in [0.5, 0.6) is 0 Å². The monoisotopic (exact) mass is 342 g/mol. The number of hydrogen-bond donors (Lipinski definition) is 1. The summed E-state index contributed by atoms with van der Waals surface area (Å²) in [4.78, 5) is 2.29. The lowest BCUT2D eigenvalue weighted by atomic mass is 9.84. The first-order chi connectivity index (χ1) is 9.54. The second-order valence-electron chi connectivity index (χ2n) is 5.91. The molecule has 0 saturated heterocycles. The molecule has 3 unspecified atom stereocenters. The van der Waals surface area contributed by atoms with Crippen molar-refractivity contribution < 1.29 is 4.39 Å². The van der Waals surface area contributed by atoms with Gasteiger partial charge < -0.3 is 5.73 Å². The minimum Gasteiger partial charge on any atom is -0.329 e. The standard InChI is InChI=1S/C16H24BrFN2/c1-11-5-3-4-6-15(11)20(2)16(10-19)13-8-7-12(17)9-14(13)18/h7-9,11,15-16H,3-6,10,19H2,1-2H3. The van der Waals surface area contributed by atoms with Gasteiger partial charge in [-0.3, -0.25) is 4.90 Å². The maximum Gasteiger partial charge on any atom is 0.129 e. The Morgan fingerprint density at radius 1 is 1.40 bits per heavy atom. The molecule has 2 rings (SSSR count). The molecule has 2 N–H and O–H groups in total. The largest absolute Gasteiger partial charge is 0.329 e. The third kappa shape index (κ3) is 3.41. The molecule has 112 valence electrons. The lowest BCUT2D eigenvalue weighted by Crippen LogP contribution is -2.43. The highest BCUT2D eigenvalue weighted by Crippen LogP contribution is 2.33. The second kappa shape index (κ2) is 7.01. The third-order valence-corrected chi connectivity index (χ3v) is 5.12. The Bertz CT molecular complexity index is 452. The fraction of sp³-hybridized carbons (Fsp3) is 0.625. The summed E-state index contributed by atoms with van der Waals surface area (Å²) in [7, 11) is 2.09. The maximum absolute atomic E-state index is 14.2. The molecule has 3 atom stereocenters. The number of hydrogen-bond acceptors (Lipinski definition) is 2. The SMILES string of the molecule is CC1CCCCC1N(C)C(CN)c1ccc(Br)cc1F. The molecule has 0 bridgehead atoms. The van der Waals surface area contributed by atoms with Crippen molar-refractivity contribution in [2.45, 2.75) is 44.7 Å². The Morgan fingerprint density at radius 3 is 2.70 bits per heavy atom. The van der Waals surface area contributed by atoms with Gasteiger partial charge in [0.1, 0.15) is 5.82 Å². The highest BCUT2D eigenvalue weighted by Gasteiger charge is 2.30. The molecule has 0 aliphatic heterocycles. The summed E-state index contributed by atoms with van der Waals surface area (Å²) < 4.78 is 15.0. The van der Waals surface area contributed by atoms with E-state index in [9.17, 15) is 4.39 Å². The Labute approximate surface area is 129 Å². The summed E-state index contributed by atoms with van der Waals surface area (Å²) in [5.74, 6) is 0.478. The second-order valence-corrected chi connectivity index (χ2v) is 6.83. The van der Waals surface area contributed by atoms with Gasteiger partial charge in [0, 0.05) is 28.7 Å². The maximum atomic E-state index is 14.2. The Kier molecular flexibility index (Phi) is 5.58. The zero-order valence-corrected chi connectivity index (χ0v) is 13.9. The third-order valence-electron chi connectivity index (χ3n) is 4.63. The van der Waals surface area contributed by atoms with Gasteiger partial charge in [0.15, 0.2) is 0 Å². The van der Waals surface area contributed by atoms with Crippen molar-refractivity contribution >= 4 is 15.9 Å². The molecule has 0 spiro atoms. The highest BCUT2D eigenvalue weighted by atomic mass is 79.9. The number of halogens is 2. The number of nitrogens with zero attached hydrogens (tertiary/aromatic N) is 1. The van der Waals surface area contributed by atoms with Gasteiger partial charge in [0.25, 0.3) is 0 Å². The summed E-state index contributed by atoms with van der Waals surface area (Å²) in [5, 5.41) is 0. The molecule has 4 heteroatoms. The van der Waals surface area contributed by atoms with Crippen molar-refractivity contribution in [2.24, 2.45) is 11.7 Å². The molecule has 1 aliphatic rings. The molecular formula is C16H24BrFN2. The van der Waals surface area contributed by atoms with E-state index in [0.29, 0.717) is 24.1 Å². The fourth-order valence-electron chi connectivity index (χ4n) is 3.42. The van der Waals surface area contributed by atoms with Gasteiger partial charge in [0.05, 0.1) is 0 Å². The molecular weight excluding hydrogens is 319 g/mol. The van der Waals surface area contributed by atoms with E-state index in [4.69, 9.17) is 5.73 Å². The summed E-state index contributed by atoms with van der Waals surface area (Å²) in [5.41, 5.74) is 6.65. The van der Waals surface area contributed by atoms with Gasteiger partial charge in [-0.15, -0.1) is 0 Å². The predicted molar refractivity (Wildman–Crippen MR) is 85.1 cm³/mol. The van der Waals surface area contributed by atoms with Crippen LogP contribution in [-0.2, 0) is 0 Å². The number of rotatable bonds is 4. The van der Waals surface area contributed by atoms with Gasteiger partial charge in [-0.25, -0.2) is 4.39 Å². The topological polar surface area (TPSA) is 29.3 Å². The molecule has 1 aromatic rings. The lowest BCUT2D eigenvalue weighted by molar-refractivity contribution is 0.0975. The number of benzene rings is 1. The van der Waals surface area contributed by atoms with E-state index < -0.39 is 0 Å². The zero-order chi connectivity index (χ0) is 14.7. The van der Waals surface area contributed by atoms with Gasteiger partial charge >= 0.3 is 0 Å². The highest BCUT2D eigenvalue weighted by molar-refractivity contribution is 9.10. The molecule has 1 saturated carbocycles. The van der Waals surface area contributed by atoms with E-state index >= 15 is 0 Å².